The molecule has 2 amide bonds. The number of rotatable bonds is 10. The molecule has 0 aliphatic carbocycles. The Morgan fingerprint density at radius 3 is 2.23 bits per heavy atom. The fourth-order valence-electron chi connectivity index (χ4n) is 3.02. The van der Waals surface area contributed by atoms with Gasteiger partial charge in [-0.1, -0.05) is 36.4 Å². The van der Waals surface area contributed by atoms with E-state index in [1.165, 1.54) is 0 Å². The van der Waals surface area contributed by atoms with Gasteiger partial charge in [0.15, 0.2) is 0 Å². The maximum absolute atomic E-state index is 12.2. The molecule has 0 heterocycles. The zero-order chi connectivity index (χ0) is 21.9. The van der Waals surface area contributed by atoms with Crippen molar-refractivity contribution in [2.45, 2.75) is 19.8 Å². The lowest BCUT2D eigenvalue weighted by Crippen LogP contribution is -2.21. The Kier molecular flexibility index (Phi) is 8.05. The highest BCUT2D eigenvalue weighted by atomic mass is 16.5. The van der Waals surface area contributed by atoms with Crippen LogP contribution in [0.2, 0.25) is 0 Å². The highest BCUT2D eigenvalue weighted by Crippen LogP contribution is 2.18. The molecule has 3 aromatic carbocycles. The van der Waals surface area contributed by atoms with E-state index < -0.39 is 0 Å². The molecule has 0 radical (unpaired) electrons. The van der Waals surface area contributed by atoms with Crippen molar-refractivity contribution < 1.29 is 14.3 Å². The average molecular weight is 418 g/mol. The first-order valence-electron chi connectivity index (χ1n) is 10.3. The van der Waals surface area contributed by atoms with Gasteiger partial charge in [-0.15, -0.1) is 0 Å². The van der Waals surface area contributed by atoms with Gasteiger partial charge < -0.3 is 20.7 Å². The van der Waals surface area contributed by atoms with Crippen molar-refractivity contribution in [1.29, 1.82) is 0 Å². The van der Waals surface area contributed by atoms with Crippen LogP contribution in [-0.4, -0.2) is 25.0 Å². The molecular formula is C25H27N3O3. The van der Waals surface area contributed by atoms with Crippen LogP contribution in [0.3, 0.4) is 0 Å². The molecule has 3 rings (SSSR count). The van der Waals surface area contributed by atoms with Crippen LogP contribution in [0.1, 0.15) is 18.9 Å². The van der Waals surface area contributed by atoms with Gasteiger partial charge >= 0.3 is 0 Å². The number of hydrogen-bond acceptors (Lipinski definition) is 4. The number of hydrogen-bond donors (Lipinski definition) is 3. The van der Waals surface area contributed by atoms with E-state index in [9.17, 15) is 9.59 Å². The smallest absolute Gasteiger partial charge is 0.243 e. The lowest BCUT2D eigenvalue weighted by Gasteiger charge is -2.10. The summed E-state index contributed by atoms with van der Waals surface area (Å²) in [6.45, 7) is 2.61. The van der Waals surface area contributed by atoms with Crippen molar-refractivity contribution >= 4 is 28.9 Å². The molecule has 0 bridgehead atoms. The van der Waals surface area contributed by atoms with Gasteiger partial charge in [-0.05, 0) is 55.3 Å². The topological polar surface area (TPSA) is 79.5 Å². The van der Waals surface area contributed by atoms with Gasteiger partial charge in [0.1, 0.15) is 5.75 Å². The quantitative estimate of drug-likeness (QED) is 0.446. The number of anilines is 3. The number of ether oxygens (including phenoxy) is 1. The van der Waals surface area contributed by atoms with Crippen molar-refractivity contribution in [1.82, 2.24) is 0 Å². The van der Waals surface area contributed by atoms with E-state index in [1.54, 1.807) is 6.07 Å². The first-order valence-corrected chi connectivity index (χ1v) is 10.3. The molecule has 0 spiro atoms. The van der Waals surface area contributed by atoms with Gasteiger partial charge in [-0.3, -0.25) is 9.59 Å². The van der Waals surface area contributed by atoms with Gasteiger partial charge in [0.2, 0.25) is 11.8 Å². The fourth-order valence-corrected chi connectivity index (χ4v) is 3.02. The van der Waals surface area contributed by atoms with E-state index in [-0.39, 0.29) is 18.4 Å². The predicted molar refractivity (Wildman–Crippen MR) is 125 cm³/mol. The second-order valence-electron chi connectivity index (χ2n) is 6.97. The Hall–Kier alpha value is -3.80. The zero-order valence-corrected chi connectivity index (χ0v) is 17.6. The van der Waals surface area contributed by atoms with E-state index in [2.05, 4.69) is 16.0 Å². The minimum atomic E-state index is -0.160. The summed E-state index contributed by atoms with van der Waals surface area (Å²) in [6.07, 6.45) is 1.13. The Morgan fingerprint density at radius 1 is 0.774 bits per heavy atom. The third kappa shape index (κ3) is 7.51. The maximum atomic E-state index is 12.2. The summed E-state index contributed by atoms with van der Waals surface area (Å²) >= 11 is 0. The Balaban J connectivity index is 1.42. The van der Waals surface area contributed by atoms with Crippen molar-refractivity contribution in [3.63, 3.8) is 0 Å². The van der Waals surface area contributed by atoms with Gasteiger partial charge in [0.25, 0.3) is 0 Å². The molecule has 6 nitrogen and oxygen atoms in total. The second kappa shape index (κ2) is 11.4. The number of carbonyl (C=O) groups excluding carboxylic acids is 2. The summed E-state index contributed by atoms with van der Waals surface area (Å²) in [7, 11) is 0. The van der Waals surface area contributed by atoms with E-state index in [4.69, 9.17) is 4.74 Å². The molecular weight excluding hydrogens is 390 g/mol. The van der Waals surface area contributed by atoms with Gasteiger partial charge in [0, 0.05) is 29.5 Å². The average Bonchev–Trinajstić information content (AvgIpc) is 2.78. The summed E-state index contributed by atoms with van der Waals surface area (Å²) in [5, 5.41) is 8.81. The standard InChI is InChI=1S/C25H27N3O3/c1-2-31-23-10-6-9-22(17-23)28-25(30)18-26-20-12-14-21(15-13-20)27-24(29)16-11-19-7-4-3-5-8-19/h3-10,12-15,17,26H,2,11,16,18H2,1H3,(H,27,29)(H,28,30). The SMILES string of the molecule is CCOc1cccc(NC(=O)CNc2ccc(NC(=O)CCc3ccccc3)cc2)c1. The maximum Gasteiger partial charge on any atom is 0.243 e. The number of carbonyl (C=O) groups is 2. The lowest BCUT2D eigenvalue weighted by atomic mass is 10.1. The lowest BCUT2D eigenvalue weighted by molar-refractivity contribution is -0.116. The van der Waals surface area contributed by atoms with Crippen molar-refractivity contribution in [2.24, 2.45) is 0 Å². The molecule has 31 heavy (non-hydrogen) atoms. The number of benzene rings is 3. The van der Waals surface area contributed by atoms with Crippen LogP contribution in [0.15, 0.2) is 78.9 Å². The van der Waals surface area contributed by atoms with Crippen LogP contribution in [0.25, 0.3) is 0 Å². The Morgan fingerprint density at radius 2 is 1.48 bits per heavy atom. The zero-order valence-electron chi connectivity index (χ0n) is 17.6. The molecule has 0 aliphatic heterocycles. The minimum absolute atomic E-state index is 0.0294. The van der Waals surface area contributed by atoms with Crippen LogP contribution < -0.4 is 20.7 Å². The van der Waals surface area contributed by atoms with Crippen molar-refractivity contribution in [3.8, 4) is 5.75 Å². The number of nitrogens with one attached hydrogen (secondary N) is 3. The summed E-state index contributed by atoms with van der Waals surface area (Å²) < 4.78 is 5.44. The highest BCUT2D eigenvalue weighted by Gasteiger charge is 2.05. The van der Waals surface area contributed by atoms with Gasteiger partial charge in [-0.2, -0.15) is 0 Å². The van der Waals surface area contributed by atoms with Gasteiger partial charge in [0.05, 0.1) is 13.2 Å². The molecule has 3 aromatic rings. The summed E-state index contributed by atoms with van der Waals surface area (Å²) in [5.74, 6) is 0.528. The Labute approximate surface area is 182 Å². The predicted octanol–water partition coefficient (Wildman–Crippen LogP) is 4.71. The molecule has 0 saturated heterocycles. The van der Waals surface area contributed by atoms with E-state index in [0.29, 0.717) is 25.1 Å². The normalized spacial score (nSPS) is 10.2. The number of amides is 2. The first-order chi connectivity index (χ1) is 15.1. The van der Waals surface area contributed by atoms with E-state index in [0.717, 1.165) is 22.7 Å². The van der Waals surface area contributed by atoms with Crippen molar-refractivity contribution in [3.05, 3.63) is 84.4 Å². The third-order valence-corrected chi connectivity index (χ3v) is 4.53. The Bertz CT molecular complexity index is 988. The van der Waals surface area contributed by atoms with Crippen molar-refractivity contribution in [2.75, 3.05) is 29.1 Å². The molecule has 0 fully saturated rings. The highest BCUT2D eigenvalue weighted by molar-refractivity contribution is 5.94. The van der Waals surface area contributed by atoms with E-state index >= 15 is 0 Å². The van der Waals surface area contributed by atoms with E-state index in [1.807, 2.05) is 79.7 Å². The summed E-state index contributed by atoms with van der Waals surface area (Å²) in [4.78, 5) is 24.3. The van der Waals surface area contributed by atoms with Crippen LogP contribution in [0, 0.1) is 0 Å². The molecule has 6 heteroatoms. The number of aryl methyl sites for hydroxylation is 1. The third-order valence-electron chi connectivity index (χ3n) is 4.53. The molecule has 0 aliphatic rings. The molecule has 160 valence electrons. The molecule has 0 unspecified atom stereocenters. The minimum Gasteiger partial charge on any atom is -0.494 e. The monoisotopic (exact) mass is 417 g/mol. The molecule has 0 atom stereocenters. The molecule has 3 N–H and O–H groups in total. The van der Waals surface area contributed by atoms with Crippen LogP contribution >= 0.6 is 0 Å². The second-order valence-corrected chi connectivity index (χ2v) is 6.97. The fraction of sp³-hybridized carbons (Fsp3) is 0.200. The van der Waals surface area contributed by atoms with Gasteiger partial charge in [-0.25, -0.2) is 0 Å². The summed E-state index contributed by atoms with van der Waals surface area (Å²) in [6, 6.07) is 24.5. The molecule has 0 aromatic heterocycles. The summed E-state index contributed by atoms with van der Waals surface area (Å²) in [5.41, 5.74) is 3.34. The largest absolute Gasteiger partial charge is 0.494 e. The van der Waals surface area contributed by atoms with Crippen LogP contribution in [-0.2, 0) is 16.0 Å². The van der Waals surface area contributed by atoms with Crippen LogP contribution in [0.4, 0.5) is 17.1 Å². The molecule has 0 saturated carbocycles. The van der Waals surface area contributed by atoms with Crippen LogP contribution in [0.5, 0.6) is 5.75 Å². The first kappa shape index (κ1) is 21.9.